The van der Waals surface area contributed by atoms with Crippen molar-refractivity contribution in [3.8, 4) is 0 Å². The van der Waals surface area contributed by atoms with Gasteiger partial charge in [-0.15, -0.1) is 11.8 Å². The second-order valence-corrected chi connectivity index (χ2v) is 4.79. The van der Waals surface area contributed by atoms with Crippen LogP contribution in [0.1, 0.15) is 22.8 Å². The first-order valence-corrected chi connectivity index (χ1v) is 6.66. The van der Waals surface area contributed by atoms with Crippen LogP contribution >= 0.6 is 11.8 Å². The molecule has 0 saturated carbocycles. The summed E-state index contributed by atoms with van der Waals surface area (Å²) < 4.78 is 4.75. The molecule has 7 nitrogen and oxygen atoms in total. The number of aromatic carboxylic acids is 1. The summed E-state index contributed by atoms with van der Waals surface area (Å²) in [6.07, 6.45) is 0. The van der Waals surface area contributed by atoms with E-state index in [0.717, 1.165) is 17.8 Å². The third kappa shape index (κ3) is 3.95. The molecule has 0 aliphatic carbocycles. The number of esters is 1. The van der Waals surface area contributed by atoms with Crippen LogP contribution in [0.25, 0.3) is 0 Å². The van der Waals surface area contributed by atoms with Crippen LogP contribution in [0.15, 0.2) is 17.0 Å². The quantitative estimate of drug-likeness (QED) is 0.371. The first-order chi connectivity index (χ1) is 9.36. The molecule has 1 rings (SSSR count). The number of benzene rings is 1. The van der Waals surface area contributed by atoms with Crippen molar-refractivity contribution in [2.45, 2.75) is 18.7 Å². The number of rotatable bonds is 6. The van der Waals surface area contributed by atoms with E-state index in [-0.39, 0.29) is 23.6 Å². The Morgan fingerprint density at radius 2 is 2.10 bits per heavy atom. The van der Waals surface area contributed by atoms with E-state index < -0.39 is 16.9 Å². The summed E-state index contributed by atoms with van der Waals surface area (Å²) in [5.41, 5.74) is -0.140. The lowest BCUT2D eigenvalue weighted by atomic mass is 10.1. The fourth-order valence-electron chi connectivity index (χ4n) is 1.48. The number of carboxylic acid groups (broad SMARTS) is 1. The summed E-state index contributed by atoms with van der Waals surface area (Å²) in [7, 11) is 0. The van der Waals surface area contributed by atoms with Crippen LogP contribution in [-0.4, -0.2) is 34.3 Å². The first kappa shape index (κ1) is 16.0. The van der Waals surface area contributed by atoms with Gasteiger partial charge in [-0.2, -0.15) is 0 Å². The van der Waals surface area contributed by atoms with E-state index in [1.807, 2.05) is 0 Å². The maximum absolute atomic E-state index is 11.3. The minimum Gasteiger partial charge on any atom is -0.478 e. The number of carboxylic acids is 1. The van der Waals surface area contributed by atoms with E-state index in [1.54, 1.807) is 6.92 Å². The lowest BCUT2D eigenvalue weighted by Crippen LogP contribution is -2.07. The molecule has 0 fully saturated rings. The molecule has 0 heterocycles. The Bertz CT molecular complexity index is 557. The molecule has 0 bridgehead atoms. The molecular formula is C12H13NO6S. The van der Waals surface area contributed by atoms with Crippen LogP contribution in [0.5, 0.6) is 0 Å². The maximum atomic E-state index is 11.3. The van der Waals surface area contributed by atoms with Gasteiger partial charge < -0.3 is 9.84 Å². The van der Waals surface area contributed by atoms with E-state index in [2.05, 4.69) is 0 Å². The number of nitrogens with zero attached hydrogens (tertiary/aromatic N) is 1. The molecule has 0 spiro atoms. The molecule has 0 aromatic heterocycles. The molecule has 1 aromatic carbocycles. The van der Waals surface area contributed by atoms with Crippen LogP contribution in [0.3, 0.4) is 0 Å². The van der Waals surface area contributed by atoms with Gasteiger partial charge in [0.25, 0.3) is 5.69 Å². The van der Waals surface area contributed by atoms with E-state index in [0.29, 0.717) is 10.5 Å². The number of nitro benzene ring substituents is 1. The molecule has 0 atom stereocenters. The number of thioether (sulfide) groups is 1. The number of ether oxygens (including phenoxy) is 1. The highest BCUT2D eigenvalue weighted by Crippen LogP contribution is 2.31. The van der Waals surface area contributed by atoms with Crippen molar-refractivity contribution in [1.29, 1.82) is 0 Å². The number of nitro groups is 1. The van der Waals surface area contributed by atoms with Crippen molar-refractivity contribution in [2.24, 2.45) is 0 Å². The number of hydrogen-bond acceptors (Lipinski definition) is 6. The van der Waals surface area contributed by atoms with E-state index >= 15 is 0 Å². The monoisotopic (exact) mass is 299 g/mol. The molecule has 20 heavy (non-hydrogen) atoms. The zero-order valence-electron chi connectivity index (χ0n) is 10.9. The zero-order chi connectivity index (χ0) is 15.3. The summed E-state index contributed by atoms with van der Waals surface area (Å²) in [5, 5.41) is 19.8. The third-order valence-corrected chi connectivity index (χ3v) is 3.54. The Morgan fingerprint density at radius 3 is 2.60 bits per heavy atom. The van der Waals surface area contributed by atoms with Crippen molar-refractivity contribution >= 4 is 29.4 Å². The van der Waals surface area contributed by atoms with Gasteiger partial charge in [-0.25, -0.2) is 4.79 Å². The van der Waals surface area contributed by atoms with Gasteiger partial charge in [-0.3, -0.25) is 14.9 Å². The van der Waals surface area contributed by atoms with E-state index in [4.69, 9.17) is 9.84 Å². The zero-order valence-corrected chi connectivity index (χ0v) is 11.7. The molecule has 108 valence electrons. The van der Waals surface area contributed by atoms with Gasteiger partial charge >= 0.3 is 11.9 Å². The number of carbonyl (C=O) groups excluding carboxylic acids is 1. The first-order valence-electron chi connectivity index (χ1n) is 5.67. The highest BCUT2D eigenvalue weighted by Gasteiger charge is 2.19. The highest BCUT2D eigenvalue weighted by molar-refractivity contribution is 8.00. The second-order valence-electron chi connectivity index (χ2n) is 3.77. The largest absolute Gasteiger partial charge is 0.478 e. The Hall–Kier alpha value is -2.09. The molecule has 0 unspecified atom stereocenters. The van der Waals surface area contributed by atoms with Crippen LogP contribution in [0, 0.1) is 17.0 Å². The van der Waals surface area contributed by atoms with Crippen molar-refractivity contribution < 1.29 is 24.4 Å². The molecule has 1 aromatic rings. The van der Waals surface area contributed by atoms with Crippen molar-refractivity contribution in [2.75, 3.05) is 12.4 Å². The van der Waals surface area contributed by atoms with Crippen LogP contribution in [0.2, 0.25) is 0 Å². The average Bonchev–Trinajstić information content (AvgIpc) is 2.37. The lowest BCUT2D eigenvalue weighted by molar-refractivity contribution is -0.385. The molecule has 1 N–H and O–H groups in total. The number of carbonyl (C=O) groups is 2. The molecule has 0 aliphatic heterocycles. The number of hydrogen-bond donors (Lipinski definition) is 1. The predicted molar refractivity (Wildman–Crippen MR) is 72.1 cm³/mol. The Morgan fingerprint density at radius 1 is 1.45 bits per heavy atom. The van der Waals surface area contributed by atoms with Crippen molar-refractivity contribution in [1.82, 2.24) is 0 Å². The summed E-state index contributed by atoms with van der Waals surface area (Å²) in [6, 6.07) is 2.32. The van der Waals surface area contributed by atoms with Crippen LogP contribution < -0.4 is 0 Å². The molecule has 8 heteroatoms. The van der Waals surface area contributed by atoms with Gasteiger partial charge in [-0.05, 0) is 19.9 Å². The normalized spacial score (nSPS) is 10.1. The smallest absolute Gasteiger partial charge is 0.335 e. The SMILES string of the molecule is CCOC(=O)CSc1cc(C(=O)O)cc([N+](=O)[O-])c1C. The fraction of sp³-hybridized carbons (Fsp3) is 0.333. The summed E-state index contributed by atoms with van der Waals surface area (Å²) >= 11 is 1.02. The second kappa shape index (κ2) is 6.90. The Balaban J connectivity index is 3.08. The summed E-state index contributed by atoms with van der Waals surface area (Å²) in [4.78, 5) is 32.9. The van der Waals surface area contributed by atoms with Gasteiger partial charge in [0.05, 0.1) is 22.8 Å². The Labute approximate surface area is 119 Å². The molecule has 0 amide bonds. The minimum absolute atomic E-state index is 0.0328. The summed E-state index contributed by atoms with van der Waals surface area (Å²) in [6.45, 7) is 3.43. The lowest BCUT2D eigenvalue weighted by Gasteiger charge is -2.07. The minimum atomic E-state index is -1.26. The summed E-state index contributed by atoms with van der Waals surface area (Å²) in [5.74, 6) is -1.75. The van der Waals surface area contributed by atoms with Crippen molar-refractivity contribution in [3.05, 3.63) is 33.4 Å². The molecule has 0 radical (unpaired) electrons. The van der Waals surface area contributed by atoms with Gasteiger partial charge in [0.1, 0.15) is 0 Å². The van der Waals surface area contributed by atoms with Crippen LogP contribution in [-0.2, 0) is 9.53 Å². The van der Waals surface area contributed by atoms with Gasteiger partial charge in [-0.1, -0.05) is 0 Å². The third-order valence-electron chi connectivity index (χ3n) is 2.43. The van der Waals surface area contributed by atoms with Gasteiger partial charge in [0.2, 0.25) is 0 Å². The average molecular weight is 299 g/mol. The van der Waals surface area contributed by atoms with Crippen LogP contribution in [0.4, 0.5) is 5.69 Å². The molecule has 0 saturated heterocycles. The maximum Gasteiger partial charge on any atom is 0.335 e. The fourth-order valence-corrected chi connectivity index (χ4v) is 2.36. The van der Waals surface area contributed by atoms with E-state index in [9.17, 15) is 19.7 Å². The highest BCUT2D eigenvalue weighted by atomic mass is 32.2. The topological polar surface area (TPSA) is 107 Å². The molecule has 0 aliphatic rings. The Kier molecular flexibility index (Phi) is 5.51. The standard InChI is InChI=1S/C12H13NO6S/c1-3-19-11(14)6-20-10-5-8(12(15)16)4-9(7(10)2)13(17)18/h4-5H,3,6H2,1-2H3,(H,15,16). The molecular weight excluding hydrogens is 286 g/mol. The van der Waals surface area contributed by atoms with Crippen molar-refractivity contribution in [3.63, 3.8) is 0 Å². The van der Waals surface area contributed by atoms with Gasteiger partial charge in [0.15, 0.2) is 0 Å². The predicted octanol–water partition coefficient (Wildman–Crippen LogP) is 2.26. The van der Waals surface area contributed by atoms with Gasteiger partial charge in [0, 0.05) is 16.5 Å². The van der Waals surface area contributed by atoms with E-state index in [1.165, 1.54) is 13.0 Å².